The van der Waals surface area contributed by atoms with Crippen LogP contribution in [-0.4, -0.2) is 36.3 Å². The fraction of sp³-hybridized carbons (Fsp3) is 0.538. The number of halogens is 5. The summed E-state index contributed by atoms with van der Waals surface area (Å²) in [6, 6.07) is 2.15. The fourth-order valence-electron chi connectivity index (χ4n) is 2.52. The molecule has 0 bridgehead atoms. The largest absolute Gasteiger partial charge is 0.482 e. The zero-order valence-electron chi connectivity index (χ0n) is 12.2. The van der Waals surface area contributed by atoms with Gasteiger partial charge in [-0.1, -0.05) is 0 Å². The van der Waals surface area contributed by atoms with Gasteiger partial charge in [-0.3, -0.25) is 0 Å². The molecule has 0 amide bonds. The van der Waals surface area contributed by atoms with Crippen LogP contribution in [0.2, 0.25) is 0 Å². The first kappa shape index (κ1) is 17.4. The molecule has 0 spiro atoms. The molecule has 1 aromatic carbocycles. The Bertz CT molecular complexity index is 817. The van der Waals surface area contributed by atoms with E-state index in [0.717, 1.165) is 6.07 Å². The van der Waals surface area contributed by atoms with Gasteiger partial charge in [-0.05, 0) is 32.0 Å². The van der Waals surface area contributed by atoms with E-state index >= 15 is 0 Å². The average Bonchev–Trinajstić information content (AvgIpc) is 3.11. The van der Waals surface area contributed by atoms with Gasteiger partial charge in [0.15, 0.2) is 5.60 Å². The number of ether oxygens (including phenoxy) is 2. The van der Waals surface area contributed by atoms with Crippen molar-refractivity contribution < 1.29 is 45.0 Å². The van der Waals surface area contributed by atoms with Crippen molar-refractivity contribution in [1.82, 2.24) is 0 Å². The van der Waals surface area contributed by atoms with E-state index in [-0.39, 0.29) is 11.3 Å². The highest BCUT2D eigenvalue weighted by Gasteiger charge is 2.71. The van der Waals surface area contributed by atoms with Crippen LogP contribution in [-0.2, 0) is 14.6 Å². The molecule has 2 heterocycles. The lowest BCUT2D eigenvalue weighted by atomic mass is 9.91. The van der Waals surface area contributed by atoms with E-state index in [4.69, 9.17) is 9.47 Å². The van der Waals surface area contributed by atoms with Crippen LogP contribution in [0.15, 0.2) is 23.1 Å². The number of alkyl halides is 5. The Labute approximate surface area is 132 Å². The Morgan fingerprint density at radius 3 is 2.29 bits per heavy atom. The molecule has 0 saturated carbocycles. The Hall–Kier alpha value is -1.46. The number of rotatable bonds is 2. The number of sulfone groups is 1. The van der Waals surface area contributed by atoms with Gasteiger partial charge in [0, 0.05) is 5.56 Å². The molecule has 1 N–H and O–H groups in total. The molecule has 1 aromatic rings. The van der Waals surface area contributed by atoms with Crippen molar-refractivity contribution in [2.24, 2.45) is 0 Å². The summed E-state index contributed by atoms with van der Waals surface area (Å²) in [6.45, 7) is 2.97. The molecular weight excluding hydrogens is 363 g/mol. The Balaban J connectivity index is 2.09. The van der Waals surface area contributed by atoms with Crippen LogP contribution < -0.4 is 4.74 Å². The maximum Gasteiger partial charge on any atom is 0.469 e. The summed E-state index contributed by atoms with van der Waals surface area (Å²) in [6.07, 6.45) is -7.34. The smallest absolute Gasteiger partial charge is 0.469 e. The van der Waals surface area contributed by atoms with Gasteiger partial charge >= 0.3 is 11.4 Å². The molecule has 3 rings (SSSR count). The van der Waals surface area contributed by atoms with Gasteiger partial charge in [0.1, 0.15) is 11.9 Å². The number of hydrogen-bond donors (Lipinski definition) is 1. The van der Waals surface area contributed by atoms with Crippen molar-refractivity contribution in [3.8, 4) is 5.75 Å². The zero-order chi connectivity index (χ0) is 18.3. The van der Waals surface area contributed by atoms with Crippen LogP contribution in [0.5, 0.6) is 5.75 Å². The van der Waals surface area contributed by atoms with Gasteiger partial charge in [-0.2, -0.15) is 22.0 Å². The van der Waals surface area contributed by atoms with Crippen LogP contribution in [0.1, 0.15) is 25.5 Å². The lowest BCUT2D eigenvalue weighted by Crippen LogP contribution is -2.47. The summed E-state index contributed by atoms with van der Waals surface area (Å²) in [5, 5.41) is 4.23. The highest BCUT2D eigenvalue weighted by Crippen LogP contribution is 2.61. The Morgan fingerprint density at radius 2 is 1.75 bits per heavy atom. The molecule has 0 aromatic heterocycles. The van der Waals surface area contributed by atoms with Crippen LogP contribution in [0.3, 0.4) is 0 Å². The predicted octanol–water partition coefficient (Wildman–Crippen LogP) is 2.55. The summed E-state index contributed by atoms with van der Waals surface area (Å²) >= 11 is 0. The molecule has 2 aliphatic rings. The Kier molecular flexibility index (Phi) is 3.17. The number of benzene rings is 1. The molecule has 134 valence electrons. The van der Waals surface area contributed by atoms with Crippen molar-refractivity contribution >= 4 is 9.84 Å². The van der Waals surface area contributed by atoms with Gasteiger partial charge in [0.2, 0.25) is 5.79 Å². The summed E-state index contributed by atoms with van der Waals surface area (Å²) in [5.41, 5.74) is -1.32. The maximum atomic E-state index is 13.3. The monoisotopic (exact) mass is 374 g/mol. The highest BCUT2D eigenvalue weighted by atomic mass is 32.2. The second-order valence-corrected chi connectivity index (χ2v) is 8.02. The maximum absolute atomic E-state index is 13.3. The van der Waals surface area contributed by atoms with E-state index in [1.54, 1.807) is 0 Å². The fourth-order valence-corrected chi connectivity index (χ4v) is 3.65. The first-order valence-corrected chi connectivity index (χ1v) is 8.06. The van der Waals surface area contributed by atoms with E-state index < -0.39 is 43.7 Å². The van der Waals surface area contributed by atoms with E-state index in [9.17, 15) is 35.5 Å². The van der Waals surface area contributed by atoms with Crippen LogP contribution >= 0.6 is 0 Å². The normalized spacial score (nSPS) is 28.6. The molecular formula is C13H11F5O5S. The molecule has 1 fully saturated rings. The molecule has 1 saturated heterocycles. The number of fused-ring (bicyclic) bond motifs is 3. The third-order valence-corrected chi connectivity index (χ3v) is 5.85. The minimum Gasteiger partial charge on any atom is -0.482 e. The van der Waals surface area contributed by atoms with Crippen LogP contribution in [0.4, 0.5) is 22.0 Å². The molecule has 0 radical (unpaired) electrons. The Morgan fingerprint density at radius 1 is 1.17 bits per heavy atom. The quantitative estimate of drug-likeness (QED) is 0.636. The average molecular weight is 374 g/mol. The first-order chi connectivity index (χ1) is 10.7. The number of epoxide rings is 1. The summed E-state index contributed by atoms with van der Waals surface area (Å²) in [7, 11) is -6.03. The van der Waals surface area contributed by atoms with E-state index in [1.807, 2.05) is 0 Å². The number of aliphatic hydroxyl groups is 1. The van der Waals surface area contributed by atoms with Crippen LogP contribution in [0.25, 0.3) is 0 Å². The van der Waals surface area contributed by atoms with Crippen LogP contribution in [0, 0.1) is 0 Å². The van der Waals surface area contributed by atoms with Crippen molar-refractivity contribution in [3.05, 3.63) is 23.8 Å². The van der Waals surface area contributed by atoms with Crippen molar-refractivity contribution in [3.63, 3.8) is 0 Å². The summed E-state index contributed by atoms with van der Waals surface area (Å²) in [5.74, 6) is -1.78. The van der Waals surface area contributed by atoms with E-state index in [1.165, 1.54) is 13.8 Å². The third kappa shape index (κ3) is 2.01. The van der Waals surface area contributed by atoms with Gasteiger partial charge < -0.3 is 14.6 Å². The van der Waals surface area contributed by atoms with Gasteiger partial charge in [0.25, 0.3) is 9.84 Å². The molecule has 2 aliphatic heterocycles. The molecule has 2 unspecified atom stereocenters. The lowest BCUT2D eigenvalue weighted by molar-refractivity contribution is -0.241. The van der Waals surface area contributed by atoms with Crippen molar-refractivity contribution in [1.29, 1.82) is 0 Å². The van der Waals surface area contributed by atoms with Gasteiger partial charge in [-0.25, -0.2) is 8.42 Å². The standard InChI is InChI=1S/C13H11F5O5S/c1-10(2)11(19)9(23-11)7-5-6(3-4-8(7)22-10)24(20,21)13(17,18)12(14,15)16/h3-5,9,19H,1-2H3. The summed E-state index contributed by atoms with van der Waals surface area (Å²) < 4.78 is 97.6. The third-order valence-electron chi connectivity index (χ3n) is 4.06. The second-order valence-electron chi connectivity index (χ2n) is 6.02. The topological polar surface area (TPSA) is 76.1 Å². The zero-order valence-corrected chi connectivity index (χ0v) is 13.0. The molecule has 5 nitrogen and oxygen atoms in total. The summed E-state index contributed by atoms with van der Waals surface area (Å²) in [4.78, 5) is -1.25. The van der Waals surface area contributed by atoms with Gasteiger partial charge in [-0.15, -0.1) is 0 Å². The number of hydrogen-bond acceptors (Lipinski definition) is 5. The SMILES string of the molecule is CC1(C)Oc2ccc(S(=O)(=O)C(F)(F)C(F)(F)F)cc2C2OC21O. The second kappa shape index (κ2) is 4.38. The molecule has 0 aliphatic carbocycles. The highest BCUT2D eigenvalue weighted by molar-refractivity contribution is 7.92. The molecule has 24 heavy (non-hydrogen) atoms. The predicted molar refractivity (Wildman–Crippen MR) is 68.1 cm³/mol. The van der Waals surface area contributed by atoms with E-state index in [0.29, 0.717) is 12.1 Å². The van der Waals surface area contributed by atoms with E-state index in [2.05, 4.69) is 0 Å². The van der Waals surface area contributed by atoms with Crippen molar-refractivity contribution in [2.75, 3.05) is 0 Å². The first-order valence-electron chi connectivity index (χ1n) is 6.57. The minimum atomic E-state index is -6.27. The minimum absolute atomic E-state index is 0.0291. The lowest BCUT2D eigenvalue weighted by Gasteiger charge is -2.34. The molecule has 11 heteroatoms. The van der Waals surface area contributed by atoms with Crippen molar-refractivity contribution in [2.45, 2.75) is 47.7 Å². The molecule has 2 atom stereocenters. The van der Waals surface area contributed by atoms with Gasteiger partial charge in [0.05, 0.1) is 4.90 Å².